The van der Waals surface area contributed by atoms with Gasteiger partial charge in [0.25, 0.3) is 0 Å². The fourth-order valence-electron chi connectivity index (χ4n) is 2.70. The van der Waals surface area contributed by atoms with Crippen molar-refractivity contribution in [2.45, 2.75) is 38.5 Å². The first kappa shape index (κ1) is 13.1. The van der Waals surface area contributed by atoms with Crippen LogP contribution in [0.3, 0.4) is 0 Å². The Bertz CT molecular complexity index is 436. The van der Waals surface area contributed by atoms with Gasteiger partial charge in [0.05, 0.1) is 0 Å². The lowest BCUT2D eigenvalue weighted by atomic mass is 9.79. The van der Waals surface area contributed by atoms with E-state index in [-0.39, 0.29) is 5.92 Å². The number of hydrogen-bond donors (Lipinski definition) is 1. The molecule has 0 aliphatic carbocycles. The summed E-state index contributed by atoms with van der Waals surface area (Å²) in [5, 5.41) is 10.3. The summed E-state index contributed by atoms with van der Waals surface area (Å²) >= 11 is 0. The predicted molar refractivity (Wildman–Crippen MR) is 73.9 cm³/mol. The van der Waals surface area contributed by atoms with E-state index in [2.05, 4.69) is 42.0 Å². The SMILES string of the molecule is C#CC1(O)CC(C)N(Cc2ccccc2)CC1C. The van der Waals surface area contributed by atoms with E-state index in [0.717, 1.165) is 13.1 Å². The molecule has 1 saturated heterocycles. The molecule has 0 amide bonds. The largest absolute Gasteiger partial charge is 0.377 e. The molecule has 3 unspecified atom stereocenters. The van der Waals surface area contributed by atoms with Gasteiger partial charge in [-0.3, -0.25) is 4.90 Å². The van der Waals surface area contributed by atoms with Crippen LogP contribution in [0.15, 0.2) is 30.3 Å². The molecule has 0 saturated carbocycles. The van der Waals surface area contributed by atoms with Crippen molar-refractivity contribution in [3.8, 4) is 12.3 Å². The molecule has 1 fully saturated rings. The van der Waals surface area contributed by atoms with Crippen molar-refractivity contribution in [1.82, 2.24) is 4.90 Å². The molecular formula is C16H21NO. The minimum atomic E-state index is -0.938. The normalized spacial score (nSPS) is 33.0. The molecule has 1 aromatic carbocycles. The van der Waals surface area contributed by atoms with E-state index in [9.17, 15) is 5.11 Å². The van der Waals surface area contributed by atoms with Gasteiger partial charge in [0.2, 0.25) is 0 Å². The quantitative estimate of drug-likeness (QED) is 0.806. The Balaban J connectivity index is 2.07. The van der Waals surface area contributed by atoms with Gasteiger partial charge in [0.1, 0.15) is 5.60 Å². The number of likely N-dealkylation sites (tertiary alicyclic amines) is 1. The van der Waals surface area contributed by atoms with Crippen LogP contribution in [-0.4, -0.2) is 28.2 Å². The minimum Gasteiger partial charge on any atom is -0.377 e. The Labute approximate surface area is 110 Å². The molecule has 0 aromatic heterocycles. The van der Waals surface area contributed by atoms with Crippen LogP contribution in [-0.2, 0) is 6.54 Å². The molecule has 0 bridgehead atoms. The van der Waals surface area contributed by atoms with E-state index in [0.29, 0.717) is 12.5 Å². The maximum atomic E-state index is 10.3. The van der Waals surface area contributed by atoms with Crippen LogP contribution in [0.25, 0.3) is 0 Å². The van der Waals surface area contributed by atoms with Gasteiger partial charge in [-0.2, -0.15) is 0 Å². The highest BCUT2D eigenvalue weighted by Gasteiger charge is 2.40. The maximum Gasteiger partial charge on any atom is 0.130 e. The molecule has 1 aliphatic heterocycles. The summed E-state index contributed by atoms with van der Waals surface area (Å²) in [5.74, 6) is 2.69. The first-order valence-electron chi connectivity index (χ1n) is 6.53. The highest BCUT2D eigenvalue weighted by molar-refractivity contribution is 5.17. The molecule has 0 radical (unpaired) electrons. The molecule has 18 heavy (non-hydrogen) atoms. The predicted octanol–water partition coefficient (Wildman–Crippen LogP) is 2.28. The lowest BCUT2D eigenvalue weighted by Crippen LogP contribution is -2.53. The van der Waals surface area contributed by atoms with E-state index in [4.69, 9.17) is 6.42 Å². The second-order valence-corrected chi connectivity index (χ2v) is 5.44. The lowest BCUT2D eigenvalue weighted by Gasteiger charge is -2.44. The Morgan fingerprint density at radius 3 is 2.67 bits per heavy atom. The third-order valence-corrected chi connectivity index (χ3v) is 4.03. The Hall–Kier alpha value is -1.30. The summed E-state index contributed by atoms with van der Waals surface area (Å²) in [5.41, 5.74) is 0.370. The summed E-state index contributed by atoms with van der Waals surface area (Å²) in [6, 6.07) is 10.7. The van der Waals surface area contributed by atoms with Gasteiger partial charge in [-0.05, 0) is 12.5 Å². The number of aliphatic hydroxyl groups is 1. The summed E-state index contributed by atoms with van der Waals surface area (Å²) in [6.07, 6.45) is 6.12. The highest BCUT2D eigenvalue weighted by atomic mass is 16.3. The summed E-state index contributed by atoms with van der Waals surface area (Å²) in [7, 11) is 0. The van der Waals surface area contributed by atoms with Crippen molar-refractivity contribution in [2.24, 2.45) is 5.92 Å². The topological polar surface area (TPSA) is 23.5 Å². The van der Waals surface area contributed by atoms with Gasteiger partial charge in [-0.1, -0.05) is 43.2 Å². The van der Waals surface area contributed by atoms with E-state index in [1.165, 1.54) is 5.56 Å². The molecule has 2 rings (SSSR count). The molecule has 1 aromatic rings. The molecule has 2 nitrogen and oxygen atoms in total. The molecule has 1 aliphatic rings. The standard InChI is InChI=1S/C16H21NO/c1-4-16(18)10-14(3)17(11-13(16)2)12-15-8-6-5-7-9-15/h1,5-9,13-14,18H,10-12H2,2-3H3. The van der Waals surface area contributed by atoms with Gasteiger partial charge in [-0.25, -0.2) is 0 Å². The second kappa shape index (κ2) is 5.14. The van der Waals surface area contributed by atoms with E-state index in [1.807, 2.05) is 13.0 Å². The average Bonchev–Trinajstić information content (AvgIpc) is 2.37. The van der Waals surface area contributed by atoms with Crippen LogP contribution in [0.1, 0.15) is 25.8 Å². The van der Waals surface area contributed by atoms with Crippen LogP contribution in [0.2, 0.25) is 0 Å². The highest BCUT2D eigenvalue weighted by Crippen LogP contribution is 2.31. The monoisotopic (exact) mass is 243 g/mol. The fourth-order valence-corrected chi connectivity index (χ4v) is 2.70. The summed E-state index contributed by atoms with van der Waals surface area (Å²) < 4.78 is 0. The van der Waals surface area contributed by atoms with Crippen molar-refractivity contribution in [3.63, 3.8) is 0 Å². The zero-order valence-electron chi connectivity index (χ0n) is 11.1. The summed E-state index contributed by atoms with van der Waals surface area (Å²) in [4.78, 5) is 2.39. The zero-order valence-corrected chi connectivity index (χ0v) is 11.1. The van der Waals surface area contributed by atoms with Crippen LogP contribution in [0.4, 0.5) is 0 Å². The molecule has 0 spiro atoms. The molecular weight excluding hydrogens is 222 g/mol. The van der Waals surface area contributed by atoms with Gasteiger partial charge >= 0.3 is 0 Å². The van der Waals surface area contributed by atoms with Crippen LogP contribution >= 0.6 is 0 Å². The number of nitrogens with zero attached hydrogens (tertiary/aromatic N) is 1. The number of benzene rings is 1. The summed E-state index contributed by atoms with van der Waals surface area (Å²) in [6.45, 7) is 5.94. The van der Waals surface area contributed by atoms with Gasteiger partial charge in [0.15, 0.2) is 0 Å². The van der Waals surface area contributed by atoms with E-state index >= 15 is 0 Å². The number of piperidine rings is 1. The van der Waals surface area contributed by atoms with Crippen molar-refractivity contribution in [1.29, 1.82) is 0 Å². The van der Waals surface area contributed by atoms with Crippen LogP contribution in [0.5, 0.6) is 0 Å². The van der Waals surface area contributed by atoms with Crippen molar-refractivity contribution >= 4 is 0 Å². The van der Waals surface area contributed by atoms with Gasteiger partial charge in [0, 0.05) is 31.5 Å². The van der Waals surface area contributed by atoms with Crippen LogP contribution in [0, 0.1) is 18.3 Å². The average molecular weight is 243 g/mol. The smallest absolute Gasteiger partial charge is 0.130 e. The van der Waals surface area contributed by atoms with E-state index < -0.39 is 5.60 Å². The fraction of sp³-hybridized carbons (Fsp3) is 0.500. The van der Waals surface area contributed by atoms with E-state index in [1.54, 1.807) is 0 Å². The Morgan fingerprint density at radius 1 is 1.39 bits per heavy atom. The Morgan fingerprint density at radius 2 is 2.06 bits per heavy atom. The third-order valence-electron chi connectivity index (χ3n) is 4.03. The van der Waals surface area contributed by atoms with Crippen LogP contribution < -0.4 is 0 Å². The van der Waals surface area contributed by atoms with Gasteiger partial charge < -0.3 is 5.11 Å². The second-order valence-electron chi connectivity index (χ2n) is 5.44. The van der Waals surface area contributed by atoms with Crippen molar-refractivity contribution in [3.05, 3.63) is 35.9 Å². The van der Waals surface area contributed by atoms with Gasteiger partial charge in [-0.15, -0.1) is 6.42 Å². The zero-order chi connectivity index (χ0) is 13.2. The minimum absolute atomic E-state index is 0.113. The first-order chi connectivity index (χ1) is 8.55. The number of terminal acetylenes is 1. The molecule has 96 valence electrons. The first-order valence-corrected chi connectivity index (χ1v) is 6.53. The lowest BCUT2D eigenvalue weighted by molar-refractivity contribution is -0.0458. The number of hydrogen-bond acceptors (Lipinski definition) is 2. The molecule has 3 atom stereocenters. The Kier molecular flexibility index (Phi) is 3.75. The molecule has 1 heterocycles. The maximum absolute atomic E-state index is 10.3. The van der Waals surface area contributed by atoms with Crippen molar-refractivity contribution in [2.75, 3.05) is 6.54 Å². The van der Waals surface area contributed by atoms with Crippen molar-refractivity contribution < 1.29 is 5.11 Å². The number of rotatable bonds is 2. The third kappa shape index (κ3) is 2.58. The molecule has 2 heteroatoms. The molecule has 1 N–H and O–H groups in total.